The zero-order valence-electron chi connectivity index (χ0n) is 20.8. The molecule has 2 aliphatic rings. The quantitative estimate of drug-likeness (QED) is 0.442. The molecule has 2 atom stereocenters. The van der Waals surface area contributed by atoms with Gasteiger partial charge in [-0.1, -0.05) is 43.4 Å². The number of rotatable bonds is 7. The van der Waals surface area contributed by atoms with Crippen LogP contribution in [0.25, 0.3) is 11.5 Å². The fourth-order valence-corrected chi connectivity index (χ4v) is 5.04. The van der Waals surface area contributed by atoms with Gasteiger partial charge in [0.15, 0.2) is 0 Å². The van der Waals surface area contributed by atoms with E-state index in [1.165, 1.54) is 31.2 Å². The predicted molar refractivity (Wildman–Crippen MR) is 132 cm³/mol. The molecule has 2 aromatic rings. The lowest BCUT2D eigenvalue weighted by Crippen LogP contribution is -2.42. The van der Waals surface area contributed by atoms with Crippen molar-refractivity contribution in [3.63, 3.8) is 0 Å². The van der Waals surface area contributed by atoms with Gasteiger partial charge in [-0.05, 0) is 64.0 Å². The molecule has 35 heavy (non-hydrogen) atoms. The number of nitrogens with zero attached hydrogens (tertiary/aromatic N) is 1. The first-order chi connectivity index (χ1) is 16.8. The van der Waals surface area contributed by atoms with Gasteiger partial charge in [0.2, 0.25) is 11.8 Å². The van der Waals surface area contributed by atoms with Crippen LogP contribution in [0.1, 0.15) is 74.8 Å². The molecule has 2 saturated carbocycles. The molecule has 3 N–H and O–H groups in total. The number of ether oxygens (including phenoxy) is 1. The summed E-state index contributed by atoms with van der Waals surface area (Å²) in [4.78, 5) is 25.8. The number of nitrogens with one attached hydrogen (secondary N) is 1. The van der Waals surface area contributed by atoms with Crippen LogP contribution >= 0.6 is 0 Å². The average molecular weight is 487 g/mol. The molecular formula is C27H38N2O6. The zero-order valence-corrected chi connectivity index (χ0v) is 20.8. The van der Waals surface area contributed by atoms with Gasteiger partial charge in [-0.15, -0.1) is 0 Å². The number of benzene rings is 1. The van der Waals surface area contributed by atoms with E-state index in [9.17, 15) is 4.79 Å². The first-order valence-electron chi connectivity index (χ1n) is 12.6. The van der Waals surface area contributed by atoms with E-state index in [4.69, 9.17) is 24.2 Å². The van der Waals surface area contributed by atoms with Crippen molar-refractivity contribution in [3.05, 3.63) is 41.3 Å². The summed E-state index contributed by atoms with van der Waals surface area (Å²) in [6.45, 7) is 5.19. The Morgan fingerprint density at radius 2 is 1.83 bits per heavy atom. The highest BCUT2D eigenvalue weighted by Gasteiger charge is 2.27. The first kappa shape index (κ1) is 26.7. The summed E-state index contributed by atoms with van der Waals surface area (Å²) >= 11 is 0. The fourth-order valence-electron chi connectivity index (χ4n) is 5.04. The van der Waals surface area contributed by atoms with E-state index in [-0.39, 0.29) is 11.8 Å². The summed E-state index contributed by atoms with van der Waals surface area (Å²) in [6, 6.07) is 8.50. The molecule has 192 valence electrons. The number of carboxylic acid groups (broad SMARTS) is 2. The van der Waals surface area contributed by atoms with Crippen LogP contribution in [0.5, 0.6) is 0 Å². The normalized spacial score (nSPS) is 20.5. The Bertz CT molecular complexity index is 962. The third kappa shape index (κ3) is 8.69. The van der Waals surface area contributed by atoms with Crippen molar-refractivity contribution in [2.45, 2.75) is 84.3 Å². The van der Waals surface area contributed by atoms with Crippen molar-refractivity contribution >= 4 is 12.1 Å². The Kier molecular flexibility index (Phi) is 10.1. The highest BCUT2D eigenvalue weighted by molar-refractivity contribution is 5.79. The molecule has 1 heterocycles. The topological polar surface area (TPSA) is 122 Å². The van der Waals surface area contributed by atoms with Crippen molar-refractivity contribution in [1.29, 1.82) is 0 Å². The smallest absolute Gasteiger partial charge is 0.450 e. The maximum atomic E-state index is 12.6. The highest BCUT2D eigenvalue weighted by Crippen LogP contribution is 2.28. The first-order valence-corrected chi connectivity index (χ1v) is 12.6. The van der Waals surface area contributed by atoms with Gasteiger partial charge >= 0.3 is 6.16 Å². The van der Waals surface area contributed by atoms with Gasteiger partial charge in [0, 0.05) is 24.1 Å². The maximum Gasteiger partial charge on any atom is 0.503 e. The number of hydrogen-bond acceptors (Lipinski definition) is 5. The molecule has 0 saturated heterocycles. The van der Waals surface area contributed by atoms with Crippen LogP contribution in [-0.2, 0) is 16.1 Å². The Balaban J connectivity index is 0.000000795. The second-order valence-electron chi connectivity index (χ2n) is 9.76. The number of hydrogen-bond donors (Lipinski definition) is 3. The van der Waals surface area contributed by atoms with E-state index in [0.29, 0.717) is 31.1 Å². The highest BCUT2D eigenvalue weighted by atomic mass is 16.6. The van der Waals surface area contributed by atoms with Gasteiger partial charge in [0.25, 0.3) is 0 Å². The van der Waals surface area contributed by atoms with Gasteiger partial charge in [0.05, 0.1) is 6.61 Å². The van der Waals surface area contributed by atoms with Gasteiger partial charge < -0.3 is 24.7 Å². The summed E-state index contributed by atoms with van der Waals surface area (Å²) in [5.41, 5.74) is 3.06. The molecule has 4 rings (SSSR count). The van der Waals surface area contributed by atoms with Crippen molar-refractivity contribution in [2.24, 2.45) is 11.8 Å². The lowest BCUT2D eigenvalue weighted by atomic mass is 9.84. The lowest BCUT2D eigenvalue weighted by Gasteiger charge is -2.31. The number of oxazole rings is 1. The number of carbonyl (C=O) groups is 2. The molecule has 2 unspecified atom stereocenters. The molecule has 0 radical (unpaired) electrons. The molecule has 1 aromatic carbocycles. The van der Waals surface area contributed by atoms with Crippen LogP contribution in [0.4, 0.5) is 4.79 Å². The Hall–Kier alpha value is -2.87. The molecule has 0 bridgehead atoms. The second-order valence-corrected chi connectivity index (χ2v) is 9.76. The van der Waals surface area contributed by atoms with Crippen molar-refractivity contribution in [3.8, 4) is 11.5 Å². The Morgan fingerprint density at radius 1 is 1.09 bits per heavy atom. The summed E-state index contributed by atoms with van der Waals surface area (Å²) in [5, 5.41) is 17.3. The molecule has 2 fully saturated rings. The monoisotopic (exact) mass is 486 g/mol. The van der Waals surface area contributed by atoms with Crippen LogP contribution in [0, 0.1) is 25.7 Å². The van der Waals surface area contributed by atoms with Gasteiger partial charge in [0.1, 0.15) is 11.5 Å². The molecule has 0 spiro atoms. The molecule has 8 heteroatoms. The minimum atomic E-state index is -1.83. The van der Waals surface area contributed by atoms with Gasteiger partial charge in [-0.3, -0.25) is 4.79 Å². The minimum Gasteiger partial charge on any atom is -0.450 e. The third-order valence-corrected chi connectivity index (χ3v) is 6.86. The predicted octanol–water partition coefficient (Wildman–Crippen LogP) is 5.95. The Morgan fingerprint density at radius 3 is 2.54 bits per heavy atom. The van der Waals surface area contributed by atoms with E-state index in [2.05, 4.69) is 29.4 Å². The van der Waals surface area contributed by atoms with E-state index >= 15 is 0 Å². The van der Waals surface area contributed by atoms with E-state index in [0.717, 1.165) is 49.1 Å². The maximum absolute atomic E-state index is 12.6. The summed E-state index contributed by atoms with van der Waals surface area (Å²) < 4.78 is 11.9. The van der Waals surface area contributed by atoms with E-state index < -0.39 is 6.16 Å². The molecular weight excluding hydrogens is 448 g/mol. The third-order valence-electron chi connectivity index (χ3n) is 6.86. The van der Waals surface area contributed by atoms with Gasteiger partial charge in [-0.25, -0.2) is 9.78 Å². The van der Waals surface area contributed by atoms with Crippen LogP contribution < -0.4 is 5.32 Å². The largest absolute Gasteiger partial charge is 0.503 e. The van der Waals surface area contributed by atoms with Crippen LogP contribution in [0.3, 0.4) is 0 Å². The number of aryl methyl sites for hydroxylation is 2. The molecule has 1 amide bonds. The zero-order chi connectivity index (χ0) is 25.2. The van der Waals surface area contributed by atoms with E-state index in [1.807, 2.05) is 19.1 Å². The van der Waals surface area contributed by atoms with Crippen LogP contribution in [-0.4, -0.2) is 39.9 Å². The molecule has 0 aliphatic heterocycles. The SMILES string of the molecule is Cc1cccc(-c2nc(COCC3CCCC(NC(=O)C4CCCCC4)C3)c(C)o2)c1.O=C(O)O. The fraction of sp³-hybridized carbons (Fsp3) is 0.593. The number of carbonyl (C=O) groups excluding carboxylic acids is 1. The molecule has 2 aliphatic carbocycles. The summed E-state index contributed by atoms with van der Waals surface area (Å²) in [6.07, 6.45) is 8.41. The molecule has 1 aromatic heterocycles. The second kappa shape index (κ2) is 13.3. The summed E-state index contributed by atoms with van der Waals surface area (Å²) in [5.74, 6) is 2.49. The van der Waals surface area contributed by atoms with Crippen molar-refractivity contribution in [1.82, 2.24) is 10.3 Å². The number of amides is 1. The number of aromatic nitrogens is 1. The Labute approximate surface area is 207 Å². The van der Waals surface area contributed by atoms with Gasteiger partial charge in [-0.2, -0.15) is 0 Å². The van der Waals surface area contributed by atoms with Crippen molar-refractivity contribution in [2.75, 3.05) is 6.61 Å². The van der Waals surface area contributed by atoms with Crippen LogP contribution in [0.2, 0.25) is 0 Å². The van der Waals surface area contributed by atoms with Crippen molar-refractivity contribution < 1.29 is 29.0 Å². The standard InChI is InChI=1S/C26H36N2O3.CH2O3/c1-18-8-6-12-22(14-18)26-28-24(19(2)31-26)17-30-16-20-9-7-13-23(15-20)27-25(29)21-10-4-3-5-11-21;2-1(3)4/h6,8,12,14,20-21,23H,3-5,7,9-11,13,15-17H2,1-2H3,(H,27,29);(H2,2,3,4). The van der Waals surface area contributed by atoms with Crippen LogP contribution in [0.15, 0.2) is 28.7 Å². The summed E-state index contributed by atoms with van der Waals surface area (Å²) in [7, 11) is 0. The average Bonchev–Trinajstić information content (AvgIpc) is 3.20. The molecule has 8 nitrogen and oxygen atoms in total. The van der Waals surface area contributed by atoms with E-state index in [1.54, 1.807) is 0 Å². The minimum absolute atomic E-state index is 0.239. The lowest BCUT2D eigenvalue weighted by molar-refractivity contribution is -0.127.